The van der Waals surface area contributed by atoms with Crippen LogP contribution in [-0.4, -0.2) is 21.3 Å². The third-order valence-corrected chi connectivity index (χ3v) is 8.31. The molecule has 1 aromatic heterocycles. The number of thiophene rings is 1. The lowest BCUT2D eigenvalue weighted by molar-refractivity contribution is 0.104. The van der Waals surface area contributed by atoms with Gasteiger partial charge in [0.1, 0.15) is 26.3 Å². The predicted octanol–water partition coefficient (Wildman–Crippen LogP) is 5.94. The Bertz CT molecular complexity index is 1450. The van der Waals surface area contributed by atoms with Crippen molar-refractivity contribution in [2.75, 3.05) is 18.2 Å². The molecule has 0 aliphatic carbocycles. The zero-order valence-corrected chi connectivity index (χ0v) is 20.1. The van der Waals surface area contributed by atoms with E-state index in [0.717, 1.165) is 23.5 Å². The van der Waals surface area contributed by atoms with E-state index in [9.17, 15) is 17.6 Å². The summed E-state index contributed by atoms with van der Waals surface area (Å²) in [6.45, 7) is 0. The van der Waals surface area contributed by atoms with Crippen LogP contribution in [0.2, 0.25) is 5.02 Å². The van der Waals surface area contributed by atoms with Crippen LogP contribution < -0.4 is 15.8 Å². The van der Waals surface area contributed by atoms with Gasteiger partial charge in [0.15, 0.2) is 0 Å². The fourth-order valence-corrected chi connectivity index (χ4v) is 6.28. The van der Waals surface area contributed by atoms with Crippen LogP contribution in [-0.2, 0) is 9.84 Å². The van der Waals surface area contributed by atoms with E-state index >= 15 is 0 Å². The minimum Gasteiger partial charge on any atom is -0.497 e. The number of hydrogen-bond acceptors (Lipinski definition) is 7. The number of nitrogens with one attached hydrogen (secondary N) is 1. The molecule has 0 amide bonds. The second kappa shape index (κ2) is 9.46. The molecule has 10 heteroatoms. The molecule has 3 N–H and O–H groups in total. The van der Waals surface area contributed by atoms with E-state index in [1.807, 2.05) is 0 Å². The number of ketones is 1. The largest absolute Gasteiger partial charge is 0.497 e. The zero-order valence-electron chi connectivity index (χ0n) is 17.7. The molecular formula is C24H18ClFN2O4S2. The summed E-state index contributed by atoms with van der Waals surface area (Å²) in [4.78, 5) is 12.9. The van der Waals surface area contributed by atoms with E-state index in [1.165, 1.54) is 43.5 Å². The maximum atomic E-state index is 13.6. The number of rotatable bonds is 7. The molecule has 34 heavy (non-hydrogen) atoms. The van der Waals surface area contributed by atoms with E-state index in [0.29, 0.717) is 16.5 Å². The van der Waals surface area contributed by atoms with Crippen LogP contribution in [0.3, 0.4) is 0 Å². The molecule has 0 unspecified atom stereocenters. The molecule has 6 nitrogen and oxygen atoms in total. The molecule has 0 saturated heterocycles. The van der Waals surface area contributed by atoms with Crippen LogP contribution in [0.15, 0.2) is 82.6 Å². The Kier molecular flexibility index (Phi) is 6.60. The second-order valence-electron chi connectivity index (χ2n) is 7.15. The average molecular weight is 517 g/mol. The molecule has 4 aromatic rings. The quantitative estimate of drug-likeness (QED) is 0.295. The van der Waals surface area contributed by atoms with Crippen molar-refractivity contribution in [2.45, 2.75) is 9.79 Å². The zero-order chi connectivity index (χ0) is 24.5. The monoisotopic (exact) mass is 516 g/mol. The topological polar surface area (TPSA) is 98.5 Å². The Morgan fingerprint density at radius 1 is 1.00 bits per heavy atom. The van der Waals surface area contributed by atoms with Crippen molar-refractivity contribution in [3.8, 4) is 5.75 Å². The molecule has 3 aromatic carbocycles. The number of halogens is 2. The lowest BCUT2D eigenvalue weighted by Gasteiger charge is -2.10. The van der Waals surface area contributed by atoms with Crippen molar-refractivity contribution < 1.29 is 22.3 Å². The molecular weight excluding hydrogens is 499 g/mol. The molecule has 0 saturated carbocycles. The van der Waals surface area contributed by atoms with Gasteiger partial charge in [0.25, 0.3) is 0 Å². The number of sulfone groups is 1. The molecule has 174 valence electrons. The van der Waals surface area contributed by atoms with E-state index in [2.05, 4.69) is 5.32 Å². The van der Waals surface area contributed by atoms with E-state index in [-0.39, 0.29) is 30.9 Å². The first-order valence-electron chi connectivity index (χ1n) is 9.85. The maximum Gasteiger partial charge on any atom is 0.211 e. The second-order valence-corrected chi connectivity index (χ2v) is 10.5. The van der Waals surface area contributed by atoms with Crippen LogP contribution in [0.5, 0.6) is 5.75 Å². The van der Waals surface area contributed by atoms with Gasteiger partial charge < -0.3 is 15.8 Å². The molecule has 0 aliphatic heterocycles. The fraction of sp³-hybridized carbons (Fsp3) is 0.0417. The number of hydrogen-bond donors (Lipinski definition) is 2. The number of ether oxygens (including phenoxy) is 1. The van der Waals surface area contributed by atoms with E-state index in [4.69, 9.17) is 22.1 Å². The number of benzene rings is 3. The summed E-state index contributed by atoms with van der Waals surface area (Å²) in [6.07, 6.45) is 0. The summed E-state index contributed by atoms with van der Waals surface area (Å²) in [5, 5.41) is 3.72. The van der Waals surface area contributed by atoms with Crippen molar-refractivity contribution in [1.82, 2.24) is 0 Å². The van der Waals surface area contributed by atoms with Gasteiger partial charge in [-0.3, -0.25) is 4.79 Å². The highest BCUT2D eigenvalue weighted by atomic mass is 35.5. The average Bonchev–Trinajstić information content (AvgIpc) is 3.16. The van der Waals surface area contributed by atoms with Crippen molar-refractivity contribution in [3.05, 3.63) is 94.1 Å². The van der Waals surface area contributed by atoms with Gasteiger partial charge in [0.05, 0.1) is 17.7 Å². The van der Waals surface area contributed by atoms with Gasteiger partial charge in [-0.05, 0) is 72.8 Å². The highest BCUT2D eigenvalue weighted by Crippen LogP contribution is 2.44. The molecule has 0 atom stereocenters. The van der Waals surface area contributed by atoms with Gasteiger partial charge in [-0.15, -0.1) is 11.3 Å². The van der Waals surface area contributed by atoms with Gasteiger partial charge in [-0.25, -0.2) is 12.8 Å². The first kappa shape index (κ1) is 23.7. The lowest BCUT2D eigenvalue weighted by atomic mass is 10.1. The van der Waals surface area contributed by atoms with Gasteiger partial charge in [-0.1, -0.05) is 11.6 Å². The summed E-state index contributed by atoms with van der Waals surface area (Å²) < 4.78 is 45.6. The SMILES string of the molecule is COc1ccc(S(=O)(=O)c2c(Nc3ccc(Cl)cc3)sc(C(=O)c3ccc(F)cc3)c2N)cc1. The standard InChI is InChI=1S/C24H18ClFN2O4S2/c1-32-18-10-12-19(13-11-18)34(30,31)23-20(27)22(21(29)14-2-6-16(26)7-3-14)33-24(23)28-17-8-4-15(25)5-9-17/h2-13,28H,27H2,1H3. The highest BCUT2D eigenvalue weighted by molar-refractivity contribution is 7.92. The normalized spacial score (nSPS) is 11.3. The smallest absolute Gasteiger partial charge is 0.211 e. The number of carbonyl (C=O) groups excluding carboxylic acids is 1. The predicted molar refractivity (Wildman–Crippen MR) is 132 cm³/mol. The summed E-state index contributed by atoms with van der Waals surface area (Å²) in [7, 11) is -2.65. The molecule has 0 bridgehead atoms. The van der Waals surface area contributed by atoms with Crippen molar-refractivity contribution >= 4 is 54.9 Å². The molecule has 4 rings (SSSR count). The molecule has 0 radical (unpaired) electrons. The van der Waals surface area contributed by atoms with Crippen LogP contribution >= 0.6 is 22.9 Å². The Morgan fingerprint density at radius 3 is 2.21 bits per heavy atom. The van der Waals surface area contributed by atoms with Crippen LogP contribution in [0.25, 0.3) is 0 Å². The Labute approximate surface area is 204 Å². The van der Waals surface area contributed by atoms with Crippen molar-refractivity contribution in [1.29, 1.82) is 0 Å². The summed E-state index contributed by atoms with van der Waals surface area (Å²) in [5.41, 5.74) is 6.83. The fourth-order valence-electron chi connectivity index (χ4n) is 3.22. The first-order valence-corrected chi connectivity index (χ1v) is 12.5. The van der Waals surface area contributed by atoms with Gasteiger partial charge in [0, 0.05) is 16.3 Å². The number of methoxy groups -OCH3 is 1. The number of nitrogens with two attached hydrogens (primary N) is 1. The molecule has 0 spiro atoms. The van der Waals surface area contributed by atoms with Crippen molar-refractivity contribution in [2.24, 2.45) is 0 Å². The minimum atomic E-state index is -4.13. The summed E-state index contributed by atoms with van der Waals surface area (Å²) in [5.74, 6) is -0.523. The number of nitrogen functional groups attached to an aromatic ring is 1. The third kappa shape index (κ3) is 4.63. The summed E-state index contributed by atoms with van der Waals surface area (Å²) in [6, 6.07) is 17.4. The highest BCUT2D eigenvalue weighted by Gasteiger charge is 2.31. The van der Waals surface area contributed by atoms with Crippen molar-refractivity contribution in [3.63, 3.8) is 0 Å². The Balaban J connectivity index is 1.86. The maximum absolute atomic E-state index is 13.6. The summed E-state index contributed by atoms with van der Waals surface area (Å²) >= 11 is 6.86. The van der Waals surface area contributed by atoms with Crippen LogP contribution in [0, 0.1) is 5.82 Å². The van der Waals surface area contributed by atoms with Crippen LogP contribution in [0.4, 0.5) is 20.8 Å². The van der Waals surface area contributed by atoms with Gasteiger partial charge in [0.2, 0.25) is 15.6 Å². The lowest BCUT2D eigenvalue weighted by Crippen LogP contribution is -2.08. The molecule has 0 fully saturated rings. The van der Waals surface area contributed by atoms with E-state index < -0.39 is 21.4 Å². The first-order chi connectivity index (χ1) is 16.2. The van der Waals surface area contributed by atoms with Crippen LogP contribution in [0.1, 0.15) is 15.2 Å². The third-order valence-electron chi connectivity index (χ3n) is 4.95. The van der Waals surface area contributed by atoms with Gasteiger partial charge in [-0.2, -0.15) is 0 Å². The molecule has 0 aliphatic rings. The minimum absolute atomic E-state index is 0.0160. The Hall–Kier alpha value is -3.40. The molecule has 1 heterocycles. The van der Waals surface area contributed by atoms with E-state index in [1.54, 1.807) is 24.3 Å². The Morgan fingerprint density at radius 2 is 1.62 bits per heavy atom. The number of anilines is 3. The van der Waals surface area contributed by atoms with Gasteiger partial charge >= 0.3 is 0 Å². The number of carbonyl (C=O) groups is 1.